The van der Waals surface area contributed by atoms with Crippen LogP contribution in [0.25, 0.3) is 0 Å². The zero-order valence-electron chi connectivity index (χ0n) is 10.7. The van der Waals surface area contributed by atoms with Gasteiger partial charge in [0.05, 0.1) is 6.54 Å². The molecule has 0 heterocycles. The van der Waals surface area contributed by atoms with Gasteiger partial charge in [-0.1, -0.05) is 25.1 Å². The van der Waals surface area contributed by atoms with E-state index in [9.17, 15) is 9.59 Å². The molecule has 0 aliphatic heterocycles. The van der Waals surface area contributed by atoms with Gasteiger partial charge in [0.25, 0.3) is 0 Å². The third kappa shape index (κ3) is 4.97. The largest absolute Gasteiger partial charge is 0.347 e. The summed E-state index contributed by atoms with van der Waals surface area (Å²) in [6, 6.07) is 7.59. The van der Waals surface area contributed by atoms with E-state index in [1.165, 1.54) is 6.92 Å². The minimum Gasteiger partial charge on any atom is -0.347 e. The average Bonchev–Trinajstić information content (AvgIpc) is 2.35. The maximum absolute atomic E-state index is 11.6. The first kappa shape index (κ1) is 14.2. The van der Waals surface area contributed by atoms with Crippen LogP contribution in [0.2, 0.25) is 0 Å². The Morgan fingerprint density at radius 3 is 2.61 bits per heavy atom. The summed E-state index contributed by atoms with van der Waals surface area (Å²) in [4.78, 5) is 22.3. The van der Waals surface area contributed by atoms with Crippen LogP contribution in [0.4, 0.5) is 5.69 Å². The number of carbonyl (C=O) groups is 2. The highest BCUT2D eigenvalue weighted by Crippen LogP contribution is 2.14. The van der Waals surface area contributed by atoms with Crippen molar-refractivity contribution in [1.82, 2.24) is 10.6 Å². The van der Waals surface area contributed by atoms with Gasteiger partial charge in [0.2, 0.25) is 11.8 Å². The van der Waals surface area contributed by atoms with Crippen LogP contribution in [0.1, 0.15) is 19.4 Å². The highest BCUT2D eigenvalue weighted by atomic mass is 16.2. The standard InChI is InChI=1S/C13H19N3O2/c1-3-14-8-11-6-4-5-7-12(11)16-13(18)9-15-10(2)17/h4-7,14H,3,8-9H2,1-2H3,(H,15,17)(H,16,18). The fraction of sp³-hybridized carbons (Fsp3) is 0.385. The SMILES string of the molecule is CCNCc1ccccc1NC(=O)CNC(C)=O. The number of amides is 2. The van der Waals surface area contributed by atoms with Gasteiger partial charge in [0.1, 0.15) is 0 Å². The fourth-order valence-electron chi connectivity index (χ4n) is 1.46. The number of hydrogen-bond acceptors (Lipinski definition) is 3. The van der Waals surface area contributed by atoms with Gasteiger partial charge in [0, 0.05) is 19.2 Å². The van der Waals surface area contributed by atoms with E-state index in [0.29, 0.717) is 6.54 Å². The van der Waals surface area contributed by atoms with Crippen molar-refractivity contribution in [2.75, 3.05) is 18.4 Å². The van der Waals surface area contributed by atoms with Gasteiger partial charge in [-0.2, -0.15) is 0 Å². The second kappa shape index (κ2) is 7.45. The molecule has 5 nitrogen and oxygen atoms in total. The Morgan fingerprint density at radius 1 is 1.22 bits per heavy atom. The second-order valence-corrected chi connectivity index (χ2v) is 3.90. The van der Waals surface area contributed by atoms with Crippen molar-refractivity contribution in [1.29, 1.82) is 0 Å². The quantitative estimate of drug-likeness (QED) is 0.700. The Kier molecular flexibility index (Phi) is 5.87. The van der Waals surface area contributed by atoms with Crippen LogP contribution in [-0.2, 0) is 16.1 Å². The molecule has 1 aromatic carbocycles. The van der Waals surface area contributed by atoms with Crippen LogP contribution in [0.3, 0.4) is 0 Å². The summed E-state index contributed by atoms with van der Waals surface area (Å²) in [5, 5.41) is 8.45. The molecule has 0 radical (unpaired) electrons. The normalized spacial score (nSPS) is 9.89. The maximum atomic E-state index is 11.6. The molecule has 0 bridgehead atoms. The van der Waals surface area contributed by atoms with Crippen molar-refractivity contribution in [3.05, 3.63) is 29.8 Å². The second-order valence-electron chi connectivity index (χ2n) is 3.90. The van der Waals surface area contributed by atoms with Gasteiger partial charge in [-0.05, 0) is 18.2 Å². The van der Waals surface area contributed by atoms with Crippen molar-refractivity contribution >= 4 is 17.5 Å². The molecule has 0 fully saturated rings. The Labute approximate surface area is 107 Å². The van der Waals surface area contributed by atoms with Gasteiger partial charge < -0.3 is 16.0 Å². The van der Waals surface area contributed by atoms with E-state index in [0.717, 1.165) is 17.8 Å². The molecule has 5 heteroatoms. The zero-order valence-corrected chi connectivity index (χ0v) is 10.7. The highest BCUT2D eigenvalue weighted by molar-refractivity contribution is 5.94. The van der Waals surface area contributed by atoms with E-state index in [4.69, 9.17) is 0 Å². The summed E-state index contributed by atoms with van der Waals surface area (Å²) in [7, 11) is 0. The molecule has 0 spiro atoms. The lowest BCUT2D eigenvalue weighted by molar-refractivity contribution is -0.122. The van der Waals surface area contributed by atoms with E-state index in [1.807, 2.05) is 31.2 Å². The van der Waals surface area contributed by atoms with E-state index in [2.05, 4.69) is 16.0 Å². The average molecular weight is 249 g/mol. The van der Waals surface area contributed by atoms with Crippen LogP contribution in [-0.4, -0.2) is 24.9 Å². The molecule has 98 valence electrons. The zero-order chi connectivity index (χ0) is 13.4. The summed E-state index contributed by atoms with van der Waals surface area (Å²) < 4.78 is 0. The lowest BCUT2D eigenvalue weighted by atomic mass is 10.1. The molecule has 0 aliphatic rings. The molecule has 0 saturated heterocycles. The van der Waals surface area contributed by atoms with Crippen molar-refractivity contribution in [2.45, 2.75) is 20.4 Å². The van der Waals surface area contributed by atoms with E-state index >= 15 is 0 Å². The van der Waals surface area contributed by atoms with Crippen LogP contribution in [0.15, 0.2) is 24.3 Å². The predicted molar refractivity (Wildman–Crippen MR) is 71.1 cm³/mol. The number of rotatable bonds is 6. The highest BCUT2D eigenvalue weighted by Gasteiger charge is 2.06. The summed E-state index contributed by atoms with van der Waals surface area (Å²) in [6.45, 7) is 4.97. The number of carbonyl (C=O) groups excluding carboxylic acids is 2. The molecule has 0 saturated carbocycles. The fourth-order valence-corrected chi connectivity index (χ4v) is 1.46. The molecular weight excluding hydrogens is 230 g/mol. The monoisotopic (exact) mass is 249 g/mol. The molecule has 3 N–H and O–H groups in total. The molecule has 0 unspecified atom stereocenters. The van der Waals surface area contributed by atoms with Gasteiger partial charge in [-0.25, -0.2) is 0 Å². The van der Waals surface area contributed by atoms with Crippen molar-refractivity contribution in [3.63, 3.8) is 0 Å². The Balaban J connectivity index is 2.59. The molecule has 0 aromatic heterocycles. The van der Waals surface area contributed by atoms with Crippen LogP contribution >= 0.6 is 0 Å². The Morgan fingerprint density at radius 2 is 1.94 bits per heavy atom. The number of benzene rings is 1. The molecule has 0 atom stereocenters. The van der Waals surface area contributed by atoms with Crippen molar-refractivity contribution in [3.8, 4) is 0 Å². The first-order valence-electron chi connectivity index (χ1n) is 5.96. The Hall–Kier alpha value is -1.88. The minimum absolute atomic E-state index is 0.00905. The van der Waals surface area contributed by atoms with Crippen molar-refractivity contribution in [2.24, 2.45) is 0 Å². The lowest BCUT2D eigenvalue weighted by Crippen LogP contribution is -2.31. The van der Waals surface area contributed by atoms with E-state index in [1.54, 1.807) is 0 Å². The topological polar surface area (TPSA) is 70.2 Å². The maximum Gasteiger partial charge on any atom is 0.243 e. The first-order valence-corrected chi connectivity index (χ1v) is 5.96. The van der Waals surface area contributed by atoms with Gasteiger partial charge in [0.15, 0.2) is 0 Å². The van der Waals surface area contributed by atoms with Gasteiger partial charge >= 0.3 is 0 Å². The number of para-hydroxylation sites is 1. The van der Waals surface area contributed by atoms with Crippen LogP contribution in [0, 0.1) is 0 Å². The summed E-state index contributed by atoms with van der Waals surface area (Å²) in [5.74, 6) is -0.444. The lowest BCUT2D eigenvalue weighted by Gasteiger charge is -2.11. The molecule has 1 rings (SSSR count). The predicted octanol–water partition coefficient (Wildman–Crippen LogP) is 0.871. The summed E-state index contributed by atoms with van der Waals surface area (Å²) in [6.07, 6.45) is 0. The van der Waals surface area contributed by atoms with Gasteiger partial charge in [-0.15, -0.1) is 0 Å². The molecule has 1 aromatic rings. The molecule has 2 amide bonds. The van der Waals surface area contributed by atoms with E-state index < -0.39 is 0 Å². The third-order valence-electron chi connectivity index (χ3n) is 2.35. The number of nitrogens with one attached hydrogen (secondary N) is 3. The summed E-state index contributed by atoms with van der Waals surface area (Å²) in [5.41, 5.74) is 1.80. The van der Waals surface area contributed by atoms with Gasteiger partial charge in [-0.3, -0.25) is 9.59 Å². The van der Waals surface area contributed by atoms with Crippen LogP contribution < -0.4 is 16.0 Å². The molecule has 18 heavy (non-hydrogen) atoms. The molecular formula is C13H19N3O2. The first-order chi connectivity index (χ1) is 8.63. The summed E-state index contributed by atoms with van der Waals surface area (Å²) >= 11 is 0. The van der Waals surface area contributed by atoms with Crippen LogP contribution in [0.5, 0.6) is 0 Å². The van der Waals surface area contributed by atoms with Crippen molar-refractivity contribution < 1.29 is 9.59 Å². The minimum atomic E-state index is -0.228. The number of anilines is 1. The Bertz CT molecular complexity index is 418. The molecule has 0 aliphatic carbocycles. The number of hydrogen-bond donors (Lipinski definition) is 3. The van der Waals surface area contributed by atoms with E-state index in [-0.39, 0.29) is 18.4 Å². The smallest absolute Gasteiger partial charge is 0.243 e. The third-order valence-corrected chi connectivity index (χ3v) is 2.35.